The van der Waals surface area contributed by atoms with E-state index in [0.29, 0.717) is 0 Å². The highest BCUT2D eigenvalue weighted by Crippen LogP contribution is 2.29. The van der Waals surface area contributed by atoms with E-state index in [-0.39, 0.29) is 11.7 Å². The Balaban J connectivity index is 1.85. The predicted molar refractivity (Wildman–Crippen MR) is 81.6 cm³/mol. The zero-order valence-electron chi connectivity index (χ0n) is 11.7. The first kappa shape index (κ1) is 13.6. The van der Waals surface area contributed by atoms with Crippen LogP contribution in [-0.2, 0) is 6.42 Å². The SMILES string of the molecule is Fc1ccc(C(CCc2c[nH]cn2)c2ccccc2)cc1. The van der Waals surface area contributed by atoms with Gasteiger partial charge in [0.15, 0.2) is 0 Å². The van der Waals surface area contributed by atoms with Crippen LogP contribution in [0, 0.1) is 5.82 Å². The van der Waals surface area contributed by atoms with Crippen molar-refractivity contribution < 1.29 is 4.39 Å². The lowest BCUT2D eigenvalue weighted by atomic mass is 9.87. The minimum absolute atomic E-state index is 0.196. The van der Waals surface area contributed by atoms with E-state index in [1.807, 2.05) is 36.5 Å². The maximum absolute atomic E-state index is 13.1. The number of H-pyrrole nitrogens is 1. The Morgan fingerprint density at radius 2 is 1.67 bits per heavy atom. The van der Waals surface area contributed by atoms with E-state index in [1.165, 1.54) is 17.7 Å². The van der Waals surface area contributed by atoms with Crippen molar-refractivity contribution >= 4 is 0 Å². The first-order valence-electron chi connectivity index (χ1n) is 7.11. The summed E-state index contributed by atoms with van der Waals surface area (Å²) in [5, 5.41) is 0. The normalized spacial score (nSPS) is 12.2. The highest BCUT2D eigenvalue weighted by atomic mass is 19.1. The summed E-state index contributed by atoms with van der Waals surface area (Å²) in [5.74, 6) is 0.0568. The first-order chi connectivity index (χ1) is 10.3. The molecular formula is C18H17FN2. The molecule has 1 unspecified atom stereocenters. The van der Waals surface area contributed by atoms with Crippen molar-refractivity contribution in [3.05, 3.63) is 89.8 Å². The summed E-state index contributed by atoms with van der Waals surface area (Å²) in [6.45, 7) is 0. The maximum atomic E-state index is 13.1. The highest BCUT2D eigenvalue weighted by molar-refractivity contribution is 5.32. The van der Waals surface area contributed by atoms with Crippen LogP contribution in [0.5, 0.6) is 0 Å². The molecule has 0 bridgehead atoms. The van der Waals surface area contributed by atoms with Gasteiger partial charge in [0.05, 0.1) is 12.0 Å². The Bertz CT molecular complexity index is 660. The summed E-state index contributed by atoms with van der Waals surface area (Å²) in [7, 11) is 0. The van der Waals surface area contributed by atoms with Gasteiger partial charge in [-0.15, -0.1) is 0 Å². The Hall–Kier alpha value is -2.42. The van der Waals surface area contributed by atoms with Crippen molar-refractivity contribution in [1.82, 2.24) is 9.97 Å². The van der Waals surface area contributed by atoms with Crippen LogP contribution in [0.4, 0.5) is 4.39 Å². The van der Waals surface area contributed by atoms with Crippen molar-refractivity contribution in [1.29, 1.82) is 0 Å². The number of nitrogens with one attached hydrogen (secondary N) is 1. The molecule has 2 nitrogen and oxygen atoms in total. The van der Waals surface area contributed by atoms with Crippen molar-refractivity contribution in [2.24, 2.45) is 0 Å². The fraction of sp³-hybridized carbons (Fsp3) is 0.167. The molecule has 3 rings (SSSR count). The summed E-state index contributed by atoms with van der Waals surface area (Å²) < 4.78 is 13.1. The summed E-state index contributed by atoms with van der Waals surface area (Å²) >= 11 is 0. The molecule has 0 radical (unpaired) electrons. The van der Waals surface area contributed by atoms with Gasteiger partial charge in [-0.3, -0.25) is 0 Å². The number of aromatic nitrogens is 2. The lowest BCUT2D eigenvalue weighted by Gasteiger charge is -2.17. The summed E-state index contributed by atoms with van der Waals surface area (Å²) in [6.07, 6.45) is 5.46. The van der Waals surface area contributed by atoms with Crippen molar-refractivity contribution in [3.63, 3.8) is 0 Å². The summed E-state index contributed by atoms with van der Waals surface area (Å²) in [6, 6.07) is 17.1. The average Bonchev–Trinajstić information content (AvgIpc) is 3.04. The standard InChI is InChI=1S/C18H17FN2/c19-16-8-6-15(7-9-16)18(14-4-2-1-3-5-14)11-10-17-12-20-13-21-17/h1-9,12-13,18H,10-11H2,(H,20,21). The molecule has 3 aromatic rings. The number of aromatic amines is 1. The van der Waals surface area contributed by atoms with Crippen molar-refractivity contribution in [2.45, 2.75) is 18.8 Å². The van der Waals surface area contributed by atoms with Crippen LogP contribution in [0.15, 0.2) is 67.1 Å². The Kier molecular flexibility index (Phi) is 4.10. The monoisotopic (exact) mass is 280 g/mol. The van der Waals surface area contributed by atoms with Gasteiger partial charge in [-0.1, -0.05) is 42.5 Å². The van der Waals surface area contributed by atoms with E-state index >= 15 is 0 Å². The topological polar surface area (TPSA) is 28.7 Å². The number of rotatable bonds is 5. The third-order valence-electron chi connectivity index (χ3n) is 3.72. The molecule has 0 aliphatic carbocycles. The van der Waals surface area contributed by atoms with E-state index in [1.54, 1.807) is 6.33 Å². The minimum Gasteiger partial charge on any atom is -0.351 e. The molecule has 1 heterocycles. The van der Waals surface area contributed by atoms with Crippen LogP contribution in [0.2, 0.25) is 0 Å². The second-order valence-electron chi connectivity index (χ2n) is 5.11. The molecule has 0 saturated heterocycles. The third-order valence-corrected chi connectivity index (χ3v) is 3.72. The van der Waals surface area contributed by atoms with Crippen LogP contribution in [0.3, 0.4) is 0 Å². The van der Waals surface area contributed by atoms with E-state index in [0.717, 1.165) is 24.1 Å². The molecule has 1 N–H and O–H groups in total. The van der Waals surface area contributed by atoms with Gasteiger partial charge < -0.3 is 4.98 Å². The van der Waals surface area contributed by atoms with Gasteiger partial charge >= 0.3 is 0 Å². The highest BCUT2D eigenvalue weighted by Gasteiger charge is 2.14. The van der Waals surface area contributed by atoms with Crippen molar-refractivity contribution in [2.75, 3.05) is 0 Å². The molecule has 3 heteroatoms. The Labute approximate surface area is 123 Å². The van der Waals surface area contributed by atoms with Crippen LogP contribution in [0.1, 0.15) is 29.2 Å². The summed E-state index contributed by atoms with van der Waals surface area (Å²) in [5.41, 5.74) is 3.44. The Morgan fingerprint density at radius 1 is 0.952 bits per heavy atom. The second-order valence-corrected chi connectivity index (χ2v) is 5.11. The molecule has 2 aromatic carbocycles. The fourth-order valence-corrected chi connectivity index (χ4v) is 2.63. The fourth-order valence-electron chi connectivity index (χ4n) is 2.63. The van der Waals surface area contributed by atoms with E-state index < -0.39 is 0 Å². The van der Waals surface area contributed by atoms with Crippen molar-refractivity contribution in [3.8, 4) is 0 Å². The molecule has 0 aliphatic heterocycles. The van der Waals surface area contributed by atoms with Gasteiger partial charge in [0.1, 0.15) is 5.82 Å². The number of hydrogen-bond acceptors (Lipinski definition) is 1. The largest absolute Gasteiger partial charge is 0.351 e. The molecule has 0 amide bonds. The molecule has 0 aliphatic rings. The zero-order valence-corrected chi connectivity index (χ0v) is 11.7. The molecule has 0 saturated carbocycles. The number of imidazole rings is 1. The molecular weight excluding hydrogens is 263 g/mol. The predicted octanol–water partition coefficient (Wildman–Crippen LogP) is 4.31. The third kappa shape index (κ3) is 3.37. The van der Waals surface area contributed by atoms with Gasteiger partial charge in [-0.05, 0) is 36.1 Å². The maximum Gasteiger partial charge on any atom is 0.123 e. The van der Waals surface area contributed by atoms with E-state index in [2.05, 4.69) is 22.1 Å². The van der Waals surface area contributed by atoms with Crippen LogP contribution >= 0.6 is 0 Å². The number of halogens is 1. The smallest absolute Gasteiger partial charge is 0.123 e. The molecule has 1 aromatic heterocycles. The van der Waals surface area contributed by atoms with Gasteiger partial charge in [0.25, 0.3) is 0 Å². The zero-order chi connectivity index (χ0) is 14.5. The molecule has 21 heavy (non-hydrogen) atoms. The van der Waals surface area contributed by atoms with Crippen LogP contribution in [-0.4, -0.2) is 9.97 Å². The number of hydrogen-bond donors (Lipinski definition) is 1. The lowest BCUT2D eigenvalue weighted by Crippen LogP contribution is -2.03. The van der Waals surface area contributed by atoms with E-state index in [9.17, 15) is 4.39 Å². The van der Waals surface area contributed by atoms with Gasteiger partial charge in [0.2, 0.25) is 0 Å². The molecule has 106 valence electrons. The minimum atomic E-state index is -0.196. The first-order valence-corrected chi connectivity index (χ1v) is 7.11. The number of aryl methyl sites for hydroxylation is 1. The molecule has 1 atom stereocenters. The average molecular weight is 280 g/mol. The number of benzene rings is 2. The van der Waals surface area contributed by atoms with E-state index in [4.69, 9.17) is 0 Å². The van der Waals surface area contributed by atoms with Gasteiger partial charge in [0, 0.05) is 12.1 Å². The van der Waals surface area contributed by atoms with Crippen LogP contribution in [0.25, 0.3) is 0 Å². The Morgan fingerprint density at radius 3 is 2.33 bits per heavy atom. The number of nitrogens with zero attached hydrogens (tertiary/aromatic N) is 1. The summed E-state index contributed by atoms with van der Waals surface area (Å²) in [4.78, 5) is 7.25. The van der Waals surface area contributed by atoms with Gasteiger partial charge in [-0.25, -0.2) is 9.37 Å². The quantitative estimate of drug-likeness (QED) is 0.741. The molecule has 0 spiro atoms. The lowest BCUT2D eigenvalue weighted by molar-refractivity contribution is 0.624. The van der Waals surface area contributed by atoms with Crippen LogP contribution < -0.4 is 0 Å². The molecule has 0 fully saturated rings. The van der Waals surface area contributed by atoms with Gasteiger partial charge in [-0.2, -0.15) is 0 Å². The second kappa shape index (κ2) is 6.35.